The van der Waals surface area contributed by atoms with Crippen molar-refractivity contribution in [1.29, 1.82) is 0 Å². The summed E-state index contributed by atoms with van der Waals surface area (Å²) < 4.78 is 39.0. The molecule has 0 fully saturated rings. The lowest BCUT2D eigenvalue weighted by molar-refractivity contribution is -0.137. The number of aromatic nitrogens is 3. The smallest absolute Gasteiger partial charge is 0.398 e. The Hall–Kier alpha value is -3.36. The van der Waals surface area contributed by atoms with Crippen LogP contribution in [0, 0.1) is 0 Å². The van der Waals surface area contributed by atoms with Gasteiger partial charge in [0, 0.05) is 36.1 Å². The molecule has 6 nitrogen and oxygen atoms in total. The highest BCUT2D eigenvalue weighted by Crippen LogP contribution is 2.34. The Morgan fingerprint density at radius 3 is 2.67 bits per heavy atom. The number of nitrogens with two attached hydrogens (primary N) is 1. The monoisotopic (exact) mass is 373 g/mol. The number of alkyl halides is 3. The van der Waals surface area contributed by atoms with Crippen LogP contribution in [0.5, 0.6) is 0 Å². The number of hydrogen-bond donors (Lipinski definition) is 3. The van der Waals surface area contributed by atoms with Crippen molar-refractivity contribution in [2.45, 2.75) is 12.6 Å². The van der Waals surface area contributed by atoms with E-state index >= 15 is 0 Å². The van der Waals surface area contributed by atoms with Crippen molar-refractivity contribution in [3.05, 3.63) is 53.3 Å². The van der Waals surface area contributed by atoms with Crippen molar-refractivity contribution in [1.82, 2.24) is 20.3 Å². The quantitative estimate of drug-likeness (QED) is 0.602. The molecule has 1 amide bonds. The van der Waals surface area contributed by atoms with Crippen LogP contribution in [0.1, 0.15) is 21.6 Å². The lowest BCUT2D eigenvalue weighted by Crippen LogP contribution is -2.31. The molecule has 3 aromatic rings. The minimum Gasteiger partial charge on any atom is -0.398 e. The fraction of sp³-hybridized carbons (Fsp3) is 0.167. The number of rotatable bonds is 2. The summed E-state index contributed by atoms with van der Waals surface area (Å²) in [6, 6.07) is 6.32. The van der Waals surface area contributed by atoms with E-state index in [1.165, 1.54) is 12.3 Å². The maximum absolute atomic E-state index is 13.0. The number of H-pyrrole nitrogens is 1. The zero-order valence-corrected chi connectivity index (χ0v) is 13.9. The van der Waals surface area contributed by atoms with Crippen LogP contribution < -0.4 is 11.1 Å². The molecule has 0 spiro atoms. The molecule has 4 N–H and O–H groups in total. The van der Waals surface area contributed by atoms with Gasteiger partial charge in [-0.05, 0) is 30.3 Å². The number of nitrogen functional groups attached to an aromatic ring is 1. The molecule has 0 radical (unpaired) electrons. The van der Waals surface area contributed by atoms with Crippen LogP contribution in [0.2, 0.25) is 0 Å². The molecule has 0 bridgehead atoms. The van der Waals surface area contributed by atoms with Gasteiger partial charge in [-0.1, -0.05) is 0 Å². The summed E-state index contributed by atoms with van der Waals surface area (Å²) in [6.45, 7) is 0.543. The molecule has 3 heterocycles. The number of carbonyl (C=O) groups excluding carboxylic acids is 1. The van der Waals surface area contributed by atoms with Crippen molar-refractivity contribution < 1.29 is 18.0 Å². The summed E-state index contributed by atoms with van der Waals surface area (Å²) in [4.78, 5) is 23.5. The van der Waals surface area contributed by atoms with Crippen LogP contribution in [0.3, 0.4) is 0 Å². The van der Waals surface area contributed by atoms with Gasteiger partial charge in [0.05, 0.1) is 22.5 Å². The van der Waals surface area contributed by atoms with E-state index in [1.54, 1.807) is 12.1 Å². The third-order valence-corrected chi connectivity index (χ3v) is 4.36. The third kappa shape index (κ3) is 3.12. The number of carbonyl (C=O) groups is 1. The van der Waals surface area contributed by atoms with Crippen molar-refractivity contribution in [2.24, 2.45) is 0 Å². The number of amides is 1. The number of fused-ring (bicyclic) bond motifs is 1. The second kappa shape index (κ2) is 6.11. The van der Waals surface area contributed by atoms with E-state index in [2.05, 4.69) is 20.3 Å². The highest BCUT2D eigenvalue weighted by Gasteiger charge is 2.31. The largest absolute Gasteiger partial charge is 0.416 e. The average Bonchev–Trinajstić information content (AvgIpc) is 3.07. The Balaban J connectivity index is 1.77. The van der Waals surface area contributed by atoms with Crippen LogP contribution in [-0.2, 0) is 12.6 Å². The Bertz CT molecular complexity index is 1040. The molecular weight excluding hydrogens is 359 g/mol. The second-order valence-corrected chi connectivity index (χ2v) is 6.15. The van der Waals surface area contributed by atoms with E-state index in [0.717, 1.165) is 17.8 Å². The lowest BCUT2D eigenvalue weighted by Gasteiger charge is -2.11. The van der Waals surface area contributed by atoms with Gasteiger partial charge in [-0.2, -0.15) is 13.2 Å². The standard InChI is InChI=1S/C18H14F3N5O/c19-18(20,21)9-1-2-12(22)10(7-9)16-23-5-4-14(26-16)15-8-11-13(25-15)3-6-24-17(11)27/h1-2,4-5,7-8,25H,3,6,22H2,(H,24,27). The molecule has 0 unspecified atom stereocenters. The number of benzene rings is 1. The van der Waals surface area contributed by atoms with Crippen molar-refractivity contribution in [3.8, 4) is 22.8 Å². The van der Waals surface area contributed by atoms with E-state index in [-0.39, 0.29) is 23.0 Å². The van der Waals surface area contributed by atoms with E-state index in [0.29, 0.717) is 29.9 Å². The topological polar surface area (TPSA) is 96.7 Å². The first-order valence-electron chi connectivity index (χ1n) is 8.13. The third-order valence-electron chi connectivity index (χ3n) is 4.36. The zero-order chi connectivity index (χ0) is 19.2. The van der Waals surface area contributed by atoms with Gasteiger partial charge in [-0.25, -0.2) is 9.97 Å². The molecule has 2 aromatic heterocycles. The first-order valence-corrected chi connectivity index (χ1v) is 8.13. The first kappa shape index (κ1) is 17.1. The van der Waals surface area contributed by atoms with E-state index in [1.807, 2.05) is 0 Å². The molecule has 0 atom stereocenters. The van der Waals surface area contributed by atoms with E-state index in [4.69, 9.17) is 5.73 Å². The Morgan fingerprint density at radius 1 is 1.11 bits per heavy atom. The van der Waals surface area contributed by atoms with Crippen LogP contribution in [0.4, 0.5) is 18.9 Å². The number of halogens is 3. The molecule has 9 heteroatoms. The SMILES string of the molecule is Nc1ccc(C(F)(F)F)cc1-c1nccc(-c2cc3c([nH]2)CCNC3=O)n1. The summed E-state index contributed by atoms with van der Waals surface area (Å²) in [5.74, 6) is -0.0942. The minimum atomic E-state index is -4.49. The molecule has 1 aliphatic heterocycles. The second-order valence-electron chi connectivity index (χ2n) is 6.15. The van der Waals surface area contributed by atoms with Crippen molar-refractivity contribution in [3.63, 3.8) is 0 Å². The van der Waals surface area contributed by atoms with Gasteiger partial charge in [-0.15, -0.1) is 0 Å². The van der Waals surface area contributed by atoms with Gasteiger partial charge < -0.3 is 16.0 Å². The lowest BCUT2D eigenvalue weighted by atomic mass is 10.1. The molecule has 0 aliphatic carbocycles. The maximum atomic E-state index is 13.0. The molecule has 0 saturated carbocycles. The minimum absolute atomic E-state index is 0.0770. The Morgan fingerprint density at radius 2 is 1.93 bits per heavy atom. The highest BCUT2D eigenvalue weighted by molar-refractivity contribution is 5.97. The summed E-state index contributed by atoms with van der Waals surface area (Å²) in [5, 5.41) is 2.75. The van der Waals surface area contributed by atoms with Crippen LogP contribution in [0.25, 0.3) is 22.8 Å². The van der Waals surface area contributed by atoms with Crippen LogP contribution >= 0.6 is 0 Å². The van der Waals surface area contributed by atoms with Gasteiger partial charge in [0.25, 0.3) is 5.91 Å². The van der Waals surface area contributed by atoms with Gasteiger partial charge in [0.1, 0.15) is 0 Å². The van der Waals surface area contributed by atoms with E-state index in [9.17, 15) is 18.0 Å². The summed E-state index contributed by atoms with van der Waals surface area (Å²) in [7, 11) is 0. The average molecular weight is 373 g/mol. The fourth-order valence-electron chi connectivity index (χ4n) is 3.00. The highest BCUT2D eigenvalue weighted by atomic mass is 19.4. The molecule has 1 aliphatic rings. The van der Waals surface area contributed by atoms with Gasteiger partial charge >= 0.3 is 6.18 Å². The normalized spacial score (nSPS) is 14.0. The Kier molecular flexibility index (Phi) is 3.87. The zero-order valence-electron chi connectivity index (χ0n) is 13.9. The summed E-state index contributed by atoms with van der Waals surface area (Å²) >= 11 is 0. The maximum Gasteiger partial charge on any atom is 0.416 e. The predicted molar refractivity (Wildman–Crippen MR) is 92.7 cm³/mol. The van der Waals surface area contributed by atoms with Gasteiger partial charge in [-0.3, -0.25) is 4.79 Å². The number of hydrogen-bond acceptors (Lipinski definition) is 4. The van der Waals surface area contributed by atoms with E-state index < -0.39 is 11.7 Å². The molecule has 138 valence electrons. The number of anilines is 1. The van der Waals surface area contributed by atoms with Gasteiger partial charge in [0.15, 0.2) is 5.82 Å². The Labute approximate surface area is 151 Å². The van der Waals surface area contributed by atoms with Crippen molar-refractivity contribution in [2.75, 3.05) is 12.3 Å². The van der Waals surface area contributed by atoms with Gasteiger partial charge in [0.2, 0.25) is 0 Å². The number of nitrogens with one attached hydrogen (secondary N) is 2. The van der Waals surface area contributed by atoms with Crippen molar-refractivity contribution >= 4 is 11.6 Å². The number of aromatic amines is 1. The molecule has 0 saturated heterocycles. The number of nitrogens with zero attached hydrogens (tertiary/aromatic N) is 2. The summed E-state index contributed by atoms with van der Waals surface area (Å²) in [5.41, 5.74) is 7.64. The molecular formula is C18H14F3N5O. The molecule has 4 rings (SSSR count). The molecule has 27 heavy (non-hydrogen) atoms. The predicted octanol–water partition coefficient (Wildman–Crippen LogP) is 3.03. The first-order chi connectivity index (χ1) is 12.8. The van der Waals surface area contributed by atoms with Crippen LogP contribution in [0.15, 0.2) is 36.5 Å². The summed E-state index contributed by atoms with van der Waals surface area (Å²) in [6.07, 6.45) is -2.39. The molecule has 1 aromatic carbocycles. The fourth-order valence-corrected chi connectivity index (χ4v) is 3.00. The van der Waals surface area contributed by atoms with Crippen LogP contribution in [-0.4, -0.2) is 27.4 Å².